The van der Waals surface area contributed by atoms with Gasteiger partial charge in [-0.25, -0.2) is 4.79 Å². The van der Waals surface area contributed by atoms with Gasteiger partial charge in [0.1, 0.15) is 23.6 Å². The Morgan fingerprint density at radius 3 is 2.32 bits per heavy atom. The molecule has 2 aliphatic heterocycles. The monoisotopic (exact) mass is 687 g/mol. The number of ether oxygens (including phenoxy) is 2. The van der Waals surface area contributed by atoms with Gasteiger partial charge < -0.3 is 28.7 Å². The van der Waals surface area contributed by atoms with Gasteiger partial charge >= 0.3 is 5.97 Å². The minimum atomic E-state index is -2.28. The number of esters is 1. The molecule has 1 aromatic rings. The van der Waals surface area contributed by atoms with Gasteiger partial charge in [-0.05, 0) is 86.4 Å². The highest BCUT2D eigenvalue weighted by atomic mass is 28.4. The van der Waals surface area contributed by atoms with Crippen LogP contribution in [0.2, 0.25) is 36.3 Å². The summed E-state index contributed by atoms with van der Waals surface area (Å²) >= 11 is 0. The van der Waals surface area contributed by atoms with E-state index in [4.69, 9.17) is 18.3 Å². The Labute approximate surface area is 285 Å². The number of hydrogen-bond acceptors (Lipinski definition) is 7. The second kappa shape index (κ2) is 16.0. The number of carbonyl (C=O) groups excluding carboxylic acids is 2. The summed E-state index contributed by atoms with van der Waals surface area (Å²) in [6.45, 7) is 24.2. The van der Waals surface area contributed by atoms with Crippen molar-refractivity contribution in [3.63, 3.8) is 0 Å². The van der Waals surface area contributed by atoms with Crippen molar-refractivity contribution < 1.29 is 33.0 Å². The van der Waals surface area contributed by atoms with Gasteiger partial charge in [-0.2, -0.15) is 0 Å². The molecule has 10 heteroatoms. The summed E-state index contributed by atoms with van der Waals surface area (Å²) in [6.07, 6.45) is 8.82. The van der Waals surface area contributed by atoms with Crippen molar-refractivity contribution >= 4 is 28.5 Å². The molecule has 1 saturated heterocycles. The van der Waals surface area contributed by atoms with Crippen LogP contribution in [0.5, 0.6) is 5.75 Å². The topological polar surface area (TPSA) is 103 Å². The maximum atomic E-state index is 14.1. The molecule has 3 rings (SSSR count). The smallest absolute Gasteiger partial charge is 0.342 e. The Morgan fingerprint density at radius 2 is 1.68 bits per heavy atom. The number of rotatable bonds is 11. The lowest BCUT2D eigenvalue weighted by Gasteiger charge is -2.44. The van der Waals surface area contributed by atoms with Crippen molar-refractivity contribution in [3.05, 3.63) is 53.6 Å². The molecule has 1 fully saturated rings. The lowest BCUT2D eigenvalue weighted by molar-refractivity contribution is -0.120. The van der Waals surface area contributed by atoms with Crippen LogP contribution >= 0.6 is 0 Å². The summed E-state index contributed by atoms with van der Waals surface area (Å²) in [5, 5.41) is 13.3. The van der Waals surface area contributed by atoms with Gasteiger partial charge in [0.15, 0.2) is 8.32 Å². The molecular weight excluding hydrogens is 627 g/mol. The fraction of sp³-hybridized carbons (Fsp3) is 0.676. The van der Waals surface area contributed by atoms with E-state index < -0.39 is 34.9 Å². The average molecular weight is 688 g/mol. The molecule has 2 heterocycles. The first kappa shape index (κ1) is 39.2. The van der Waals surface area contributed by atoms with E-state index in [2.05, 4.69) is 73.0 Å². The molecule has 1 aromatic carbocycles. The van der Waals surface area contributed by atoms with Gasteiger partial charge in [0, 0.05) is 18.6 Å². The summed E-state index contributed by atoms with van der Waals surface area (Å²) < 4.78 is 26.6. The molecule has 0 aromatic heterocycles. The van der Waals surface area contributed by atoms with Crippen LogP contribution in [0, 0.1) is 0 Å². The van der Waals surface area contributed by atoms with Crippen molar-refractivity contribution in [2.75, 3.05) is 0 Å². The highest BCUT2D eigenvalue weighted by molar-refractivity contribution is 6.75. The maximum absolute atomic E-state index is 14.1. The summed E-state index contributed by atoms with van der Waals surface area (Å²) in [4.78, 5) is 26.4. The van der Waals surface area contributed by atoms with Crippen molar-refractivity contribution in [2.24, 2.45) is 0 Å². The van der Waals surface area contributed by atoms with Crippen LogP contribution in [-0.2, 0) is 25.1 Å². The number of cyclic esters (lactones) is 1. The fourth-order valence-corrected chi connectivity index (χ4v) is 7.90. The van der Waals surface area contributed by atoms with Gasteiger partial charge in [-0.1, -0.05) is 78.8 Å². The predicted octanol–water partition coefficient (Wildman–Crippen LogP) is 8.22. The van der Waals surface area contributed by atoms with Gasteiger partial charge in [0.05, 0.1) is 12.2 Å². The molecule has 0 radical (unpaired) electrons. The largest absolute Gasteiger partial charge is 0.543 e. The van der Waals surface area contributed by atoms with Crippen LogP contribution in [0.1, 0.15) is 103 Å². The van der Waals surface area contributed by atoms with E-state index in [1.165, 1.54) is 6.08 Å². The number of aliphatic hydroxyl groups is 1. The predicted molar refractivity (Wildman–Crippen MR) is 194 cm³/mol. The molecule has 2 aliphatic rings. The third-order valence-electron chi connectivity index (χ3n) is 10.2. The van der Waals surface area contributed by atoms with Crippen LogP contribution in [0.15, 0.2) is 42.5 Å². The van der Waals surface area contributed by atoms with Crippen LogP contribution < -0.4 is 9.74 Å². The van der Waals surface area contributed by atoms with E-state index in [9.17, 15) is 14.7 Å². The van der Waals surface area contributed by atoms with E-state index in [0.717, 1.165) is 18.4 Å². The Morgan fingerprint density at radius 1 is 1.02 bits per heavy atom. The molecule has 1 amide bonds. The molecule has 264 valence electrons. The number of fused-ring (bicyclic) bond motifs is 3. The molecule has 47 heavy (non-hydrogen) atoms. The summed E-state index contributed by atoms with van der Waals surface area (Å²) in [7, 11) is -4.33. The van der Waals surface area contributed by atoms with Crippen LogP contribution in [0.3, 0.4) is 0 Å². The lowest BCUT2D eigenvalue weighted by atomic mass is 9.91. The normalized spacial score (nSPS) is 23.7. The second-order valence-corrected chi connectivity index (χ2v) is 25.7. The fourth-order valence-electron chi connectivity index (χ4n) is 5.49. The number of aliphatic hydroxyl groups excluding tert-OH is 1. The Kier molecular flexibility index (Phi) is 13.3. The standard InChI is InChI=1S/C37H61NO7Si2/c1-12-13-14-15-19-32(39)38-33(40)21-20-27-23-29-25-30(44-46(8,9)36(2,3)4)24-28(42-29)22-26-17-16-18-31(34(26)35(41)43-27)45-47(10,11)37(5,6)7/h13-19,27-30,33,40H,12,20-25H2,1-11H3,(H,38,39)/b14-13-,19-15-/t27-,28-,29-,30+,33?/m0/s1. The van der Waals surface area contributed by atoms with Crippen molar-refractivity contribution in [2.45, 2.75) is 160 Å². The van der Waals surface area contributed by atoms with Gasteiger partial charge in [-0.3, -0.25) is 4.79 Å². The van der Waals surface area contributed by atoms with Gasteiger partial charge in [0.25, 0.3) is 8.32 Å². The van der Waals surface area contributed by atoms with Gasteiger partial charge in [0.2, 0.25) is 5.91 Å². The highest BCUT2D eigenvalue weighted by Gasteiger charge is 2.44. The molecular formula is C37H61NO7Si2. The molecule has 8 nitrogen and oxygen atoms in total. The quantitative estimate of drug-likeness (QED) is 0.0795. The average Bonchev–Trinajstić information content (AvgIpc) is 2.92. The molecule has 0 saturated carbocycles. The number of amides is 1. The first-order chi connectivity index (χ1) is 21.7. The number of nitrogens with one attached hydrogen (secondary N) is 1. The van der Waals surface area contributed by atoms with Crippen LogP contribution in [0.25, 0.3) is 0 Å². The van der Waals surface area contributed by atoms with E-state index >= 15 is 0 Å². The minimum absolute atomic E-state index is 0.0314. The zero-order valence-electron chi connectivity index (χ0n) is 30.8. The Balaban J connectivity index is 1.93. The van der Waals surface area contributed by atoms with E-state index in [-0.39, 0.29) is 40.7 Å². The first-order valence-corrected chi connectivity index (χ1v) is 23.2. The number of hydrogen-bond donors (Lipinski definition) is 2. The molecule has 2 N–H and O–H groups in total. The van der Waals surface area contributed by atoms with E-state index in [0.29, 0.717) is 37.0 Å². The number of allylic oxidation sites excluding steroid dienone is 3. The number of benzene rings is 1. The molecule has 0 aliphatic carbocycles. The molecule has 0 spiro atoms. The van der Waals surface area contributed by atoms with Crippen molar-refractivity contribution in [1.82, 2.24) is 5.32 Å². The first-order valence-electron chi connectivity index (χ1n) is 17.4. The van der Waals surface area contributed by atoms with Crippen LogP contribution in [0.4, 0.5) is 0 Å². The van der Waals surface area contributed by atoms with E-state index in [1.54, 1.807) is 12.2 Å². The zero-order valence-corrected chi connectivity index (χ0v) is 32.8. The van der Waals surface area contributed by atoms with E-state index in [1.807, 2.05) is 31.2 Å². The third kappa shape index (κ3) is 11.1. The van der Waals surface area contributed by atoms with Crippen molar-refractivity contribution in [3.8, 4) is 5.75 Å². The molecule has 1 unspecified atom stereocenters. The lowest BCUT2D eigenvalue weighted by Crippen LogP contribution is -2.49. The Bertz CT molecular complexity index is 1280. The summed E-state index contributed by atoms with van der Waals surface area (Å²) in [6, 6.07) is 5.80. The summed E-state index contributed by atoms with van der Waals surface area (Å²) in [5.74, 6) is -0.250. The Hall–Kier alpha value is -2.25. The minimum Gasteiger partial charge on any atom is -0.543 e. The SMILES string of the molecule is CC/C=C\C=C/C(=O)NC(O)CC[C@H]1C[C@H]2C[C@H](O[Si](C)(C)C(C)(C)C)C[C@H](Cc3cccc(O[Si](C)(C)C(C)(C)C)c3C(=O)O1)O2. The second-order valence-electron chi connectivity index (χ2n) is 16.3. The van der Waals surface area contributed by atoms with Crippen LogP contribution in [-0.4, -0.2) is 64.3 Å². The molecule has 5 atom stereocenters. The number of carbonyl (C=O) groups is 2. The van der Waals surface area contributed by atoms with Gasteiger partial charge in [-0.15, -0.1) is 0 Å². The molecule has 2 bridgehead atoms. The zero-order chi connectivity index (χ0) is 35.2. The highest BCUT2D eigenvalue weighted by Crippen LogP contribution is 2.42. The third-order valence-corrected chi connectivity index (χ3v) is 19.1. The summed E-state index contributed by atoms with van der Waals surface area (Å²) in [5.41, 5.74) is 1.30. The maximum Gasteiger partial charge on any atom is 0.342 e. The van der Waals surface area contributed by atoms with Crippen molar-refractivity contribution in [1.29, 1.82) is 0 Å².